The van der Waals surface area contributed by atoms with Gasteiger partial charge in [0.25, 0.3) is 5.91 Å². The van der Waals surface area contributed by atoms with E-state index in [9.17, 15) is 9.59 Å². The zero-order chi connectivity index (χ0) is 15.9. The number of anilines is 1. The van der Waals surface area contributed by atoms with Crippen molar-refractivity contribution in [2.45, 2.75) is 6.54 Å². The number of ether oxygens (including phenoxy) is 1. The molecule has 2 rings (SSSR count). The highest BCUT2D eigenvalue weighted by Crippen LogP contribution is 2.19. The normalized spacial score (nSPS) is 10.1. The van der Waals surface area contributed by atoms with Crippen LogP contribution >= 0.6 is 22.9 Å². The van der Waals surface area contributed by atoms with Gasteiger partial charge in [-0.3, -0.25) is 4.79 Å². The maximum absolute atomic E-state index is 11.8. The third-order valence-corrected chi connectivity index (χ3v) is 3.78. The van der Waals surface area contributed by atoms with Crippen molar-refractivity contribution in [1.29, 1.82) is 0 Å². The first kappa shape index (κ1) is 16.3. The van der Waals surface area contributed by atoms with Gasteiger partial charge in [-0.2, -0.15) is 0 Å². The molecule has 0 atom stereocenters. The Morgan fingerprint density at radius 3 is 2.95 bits per heavy atom. The maximum atomic E-state index is 11.8. The number of amides is 1. The molecule has 0 aliphatic carbocycles. The molecule has 0 radical (unpaired) electrons. The van der Waals surface area contributed by atoms with Gasteiger partial charge in [0, 0.05) is 18.6 Å². The zero-order valence-corrected chi connectivity index (χ0v) is 13.3. The standard InChI is InChI=1S/C14H14ClN3O3S/c1-16-13-12(18-8-22-13)14(20)21-7-11(19)17-6-9-3-2-4-10(15)5-9/h2-5,8,16H,6-7H2,1H3,(H,17,19). The first-order chi connectivity index (χ1) is 10.6. The van der Waals surface area contributed by atoms with Gasteiger partial charge < -0.3 is 15.4 Å². The van der Waals surface area contributed by atoms with Crippen molar-refractivity contribution < 1.29 is 14.3 Å². The minimum atomic E-state index is -0.636. The van der Waals surface area contributed by atoms with Gasteiger partial charge in [-0.25, -0.2) is 9.78 Å². The number of thiazole rings is 1. The lowest BCUT2D eigenvalue weighted by molar-refractivity contribution is -0.124. The molecule has 0 saturated carbocycles. The summed E-state index contributed by atoms with van der Waals surface area (Å²) < 4.78 is 4.93. The molecule has 0 aliphatic heterocycles. The average Bonchev–Trinajstić information content (AvgIpc) is 2.99. The highest BCUT2D eigenvalue weighted by atomic mass is 35.5. The van der Waals surface area contributed by atoms with Crippen LogP contribution in [0.1, 0.15) is 16.1 Å². The molecule has 8 heteroatoms. The number of esters is 1. The number of hydrogen-bond donors (Lipinski definition) is 2. The fraction of sp³-hybridized carbons (Fsp3) is 0.214. The van der Waals surface area contributed by atoms with E-state index >= 15 is 0 Å². The molecular formula is C14H14ClN3O3S. The minimum absolute atomic E-state index is 0.176. The van der Waals surface area contributed by atoms with E-state index < -0.39 is 11.9 Å². The number of nitrogens with zero attached hydrogens (tertiary/aromatic N) is 1. The fourth-order valence-corrected chi connectivity index (χ4v) is 2.51. The summed E-state index contributed by atoms with van der Waals surface area (Å²) in [4.78, 5) is 27.4. The van der Waals surface area contributed by atoms with E-state index in [0.717, 1.165) is 5.56 Å². The van der Waals surface area contributed by atoms with Crippen LogP contribution < -0.4 is 10.6 Å². The number of benzene rings is 1. The maximum Gasteiger partial charge on any atom is 0.360 e. The molecule has 0 spiro atoms. The van der Waals surface area contributed by atoms with Crippen LogP contribution in [-0.4, -0.2) is 30.5 Å². The van der Waals surface area contributed by atoms with E-state index in [4.69, 9.17) is 16.3 Å². The van der Waals surface area contributed by atoms with E-state index in [1.807, 2.05) is 6.07 Å². The van der Waals surface area contributed by atoms with E-state index in [1.165, 1.54) is 16.8 Å². The Kier molecular flexibility index (Phi) is 5.74. The second-order valence-corrected chi connectivity index (χ2v) is 5.55. The van der Waals surface area contributed by atoms with E-state index in [-0.39, 0.29) is 12.3 Å². The SMILES string of the molecule is CNc1scnc1C(=O)OCC(=O)NCc1cccc(Cl)c1. The number of carbonyl (C=O) groups excluding carboxylic acids is 2. The summed E-state index contributed by atoms with van der Waals surface area (Å²) in [5.74, 6) is -1.03. The van der Waals surface area contributed by atoms with Crippen LogP contribution in [0.25, 0.3) is 0 Å². The number of rotatable bonds is 6. The van der Waals surface area contributed by atoms with Crippen molar-refractivity contribution in [3.05, 3.63) is 46.1 Å². The first-order valence-electron chi connectivity index (χ1n) is 6.39. The summed E-state index contributed by atoms with van der Waals surface area (Å²) >= 11 is 7.14. The zero-order valence-electron chi connectivity index (χ0n) is 11.8. The third-order valence-electron chi connectivity index (χ3n) is 2.70. The van der Waals surface area contributed by atoms with Crippen molar-refractivity contribution in [1.82, 2.24) is 10.3 Å². The lowest BCUT2D eigenvalue weighted by atomic mass is 10.2. The van der Waals surface area contributed by atoms with E-state index in [1.54, 1.807) is 25.2 Å². The Labute approximate surface area is 136 Å². The first-order valence-corrected chi connectivity index (χ1v) is 7.65. The molecule has 1 aromatic carbocycles. The number of nitrogens with one attached hydrogen (secondary N) is 2. The lowest BCUT2D eigenvalue weighted by Crippen LogP contribution is -2.28. The van der Waals surface area contributed by atoms with E-state index in [0.29, 0.717) is 16.6 Å². The van der Waals surface area contributed by atoms with Crippen LogP contribution in [0.2, 0.25) is 5.02 Å². The summed E-state index contributed by atoms with van der Waals surface area (Å²) in [6.07, 6.45) is 0. The van der Waals surface area contributed by atoms with Gasteiger partial charge in [0.1, 0.15) is 5.00 Å². The van der Waals surface area contributed by atoms with Crippen molar-refractivity contribution in [3.63, 3.8) is 0 Å². The second kappa shape index (κ2) is 7.77. The molecule has 0 aliphatic rings. The highest BCUT2D eigenvalue weighted by molar-refractivity contribution is 7.14. The van der Waals surface area contributed by atoms with Crippen LogP contribution in [0.5, 0.6) is 0 Å². The molecule has 22 heavy (non-hydrogen) atoms. The third kappa shape index (κ3) is 4.44. The molecule has 0 saturated heterocycles. The quantitative estimate of drug-likeness (QED) is 0.789. The van der Waals surface area contributed by atoms with Crippen molar-refractivity contribution in [3.8, 4) is 0 Å². The topological polar surface area (TPSA) is 80.3 Å². The predicted octanol–water partition coefficient (Wildman–Crippen LogP) is 2.31. The van der Waals surface area contributed by atoms with Crippen molar-refractivity contribution in [2.24, 2.45) is 0 Å². The molecular weight excluding hydrogens is 326 g/mol. The van der Waals surface area contributed by atoms with Gasteiger partial charge in [-0.1, -0.05) is 23.7 Å². The van der Waals surface area contributed by atoms with Gasteiger partial charge in [0.2, 0.25) is 0 Å². The summed E-state index contributed by atoms with van der Waals surface area (Å²) in [6.45, 7) is -0.0461. The van der Waals surface area contributed by atoms with Crippen LogP contribution in [0.15, 0.2) is 29.8 Å². The average molecular weight is 340 g/mol. The smallest absolute Gasteiger partial charge is 0.360 e. The lowest BCUT2D eigenvalue weighted by Gasteiger charge is -2.07. The summed E-state index contributed by atoms with van der Waals surface area (Å²) in [7, 11) is 1.68. The molecule has 1 aromatic heterocycles. The monoisotopic (exact) mass is 339 g/mol. The number of halogens is 1. The highest BCUT2D eigenvalue weighted by Gasteiger charge is 2.16. The molecule has 6 nitrogen and oxygen atoms in total. The summed E-state index contributed by atoms with van der Waals surface area (Å²) in [5, 5.41) is 6.69. The molecule has 2 N–H and O–H groups in total. The Morgan fingerprint density at radius 1 is 1.41 bits per heavy atom. The molecule has 2 aromatic rings. The summed E-state index contributed by atoms with van der Waals surface area (Å²) in [6, 6.07) is 7.14. The van der Waals surface area contributed by atoms with Crippen LogP contribution in [0, 0.1) is 0 Å². The Hall–Kier alpha value is -2.12. The summed E-state index contributed by atoms with van der Waals surface area (Å²) in [5.41, 5.74) is 2.57. The van der Waals surface area contributed by atoms with E-state index in [2.05, 4.69) is 15.6 Å². The van der Waals surface area contributed by atoms with Gasteiger partial charge in [0.05, 0.1) is 5.51 Å². The molecule has 0 fully saturated rings. The molecule has 0 unspecified atom stereocenters. The minimum Gasteiger partial charge on any atom is -0.451 e. The van der Waals surface area contributed by atoms with Gasteiger partial charge in [-0.15, -0.1) is 11.3 Å². The Bertz CT molecular complexity index is 675. The van der Waals surface area contributed by atoms with Crippen molar-refractivity contribution >= 4 is 39.8 Å². The van der Waals surface area contributed by atoms with Crippen LogP contribution in [0.3, 0.4) is 0 Å². The number of hydrogen-bond acceptors (Lipinski definition) is 6. The van der Waals surface area contributed by atoms with Crippen molar-refractivity contribution in [2.75, 3.05) is 19.0 Å². The van der Waals surface area contributed by atoms with Crippen LogP contribution in [-0.2, 0) is 16.1 Å². The second-order valence-electron chi connectivity index (χ2n) is 4.26. The fourth-order valence-electron chi connectivity index (χ4n) is 1.67. The molecule has 0 bridgehead atoms. The number of carbonyl (C=O) groups is 2. The molecule has 116 valence electrons. The van der Waals surface area contributed by atoms with Crippen LogP contribution in [0.4, 0.5) is 5.00 Å². The van der Waals surface area contributed by atoms with Gasteiger partial charge in [-0.05, 0) is 17.7 Å². The Balaban J connectivity index is 1.79. The number of aromatic nitrogens is 1. The Morgan fingerprint density at radius 2 is 2.23 bits per heavy atom. The molecule has 1 amide bonds. The largest absolute Gasteiger partial charge is 0.451 e. The van der Waals surface area contributed by atoms with Gasteiger partial charge in [0.15, 0.2) is 12.3 Å². The molecule has 1 heterocycles. The predicted molar refractivity (Wildman–Crippen MR) is 85.2 cm³/mol. The van der Waals surface area contributed by atoms with Gasteiger partial charge >= 0.3 is 5.97 Å².